The summed E-state index contributed by atoms with van der Waals surface area (Å²) in [6.45, 7) is 0. The standard InChI is InChI=1S/C10H7NO2/c11-7-1-2-8-3-5-9(6-4-8)10(12)13/h1-6H,(H,12,13)/b2-1+. The van der Waals surface area contributed by atoms with Crippen LogP contribution in [0, 0.1) is 11.3 Å². The van der Waals surface area contributed by atoms with Crippen molar-refractivity contribution in [2.45, 2.75) is 0 Å². The smallest absolute Gasteiger partial charge is 0.335 e. The lowest BCUT2D eigenvalue weighted by Gasteiger charge is -1.94. The van der Waals surface area contributed by atoms with Crippen LogP contribution in [0.2, 0.25) is 0 Å². The summed E-state index contributed by atoms with van der Waals surface area (Å²) in [7, 11) is 0. The Bertz CT molecular complexity index is 371. The predicted molar refractivity (Wildman–Crippen MR) is 48.0 cm³/mol. The molecule has 1 aromatic carbocycles. The Morgan fingerprint density at radius 2 is 2.00 bits per heavy atom. The van der Waals surface area contributed by atoms with Gasteiger partial charge in [0.25, 0.3) is 0 Å². The molecule has 0 aliphatic heterocycles. The number of hydrogen-bond acceptors (Lipinski definition) is 2. The minimum Gasteiger partial charge on any atom is -0.478 e. The molecule has 0 amide bonds. The van der Waals surface area contributed by atoms with Gasteiger partial charge in [-0.25, -0.2) is 4.79 Å². The molecule has 0 bridgehead atoms. The van der Waals surface area contributed by atoms with Crippen LogP contribution in [0.4, 0.5) is 0 Å². The third-order valence-electron chi connectivity index (χ3n) is 1.51. The molecule has 0 radical (unpaired) electrons. The molecule has 0 unspecified atom stereocenters. The molecular formula is C10H7NO2. The Kier molecular flexibility index (Phi) is 2.82. The Morgan fingerprint density at radius 3 is 2.46 bits per heavy atom. The molecule has 3 heteroatoms. The minimum absolute atomic E-state index is 0.245. The fourth-order valence-electron chi connectivity index (χ4n) is 0.870. The molecule has 0 heterocycles. The van der Waals surface area contributed by atoms with E-state index in [1.807, 2.05) is 6.07 Å². The van der Waals surface area contributed by atoms with E-state index in [2.05, 4.69) is 0 Å². The molecule has 0 aromatic heterocycles. The number of aromatic carboxylic acids is 1. The van der Waals surface area contributed by atoms with Gasteiger partial charge in [0, 0.05) is 6.08 Å². The van der Waals surface area contributed by atoms with Gasteiger partial charge in [0.05, 0.1) is 11.6 Å². The average molecular weight is 173 g/mol. The van der Waals surface area contributed by atoms with Crippen molar-refractivity contribution in [1.82, 2.24) is 0 Å². The fraction of sp³-hybridized carbons (Fsp3) is 0. The van der Waals surface area contributed by atoms with Crippen LogP contribution in [0.3, 0.4) is 0 Å². The van der Waals surface area contributed by atoms with E-state index in [1.165, 1.54) is 18.2 Å². The number of hydrogen-bond donors (Lipinski definition) is 1. The van der Waals surface area contributed by atoms with Crippen LogP contribution >= 0.6 is 0 Å². The molecule has 0 saturated heterocycles. The van der Waals surface area contributed by atoms with Gasteiger partial charge >= 0.3 is 5.97 Å². The van der Waals surface area contributed by atoms with Crippen LogP contribution in [0.1, 0.15) is 15.9 Å². The third-order valence-corrected chi connectivity index (χ3v) is 1.51. The van der Waals surface area contributed by atoms with E-state index >= 15 is 0 Å². The summed E-state index contributed by atoms with van der Waals surface area (Å²) in [5.41, 5.74) is 1.06. The summed E-state index contributed by atoms with van der Waals surface area (Å²) in [6, 6.07) is 8.16. The van der Waals surface area contributed by atoms with Crippen LogP contribution in [-0.2, 0) is 0 Å². The number of allylic oxidation sites excluding steroid dienone is 1. The van der Waals surface area contributed by atoms with Crippen molar-refractivity contribution in [3.05, 3.63) is 41.5 Å². The van der Waals surface area contributed by atoms with Crippen molar-refractivity contribution in [1.29, 1.82) is 5.26 Å². The molecule has 0 saturated carbocycles. The molecule has 3 nitrogen and oxygen atoms in total. The Morgan fingerprint density at radius 1 is 1.38 bits per heavy atom. The molecule has 0 aliphatic carbocycles. The highest BCUT2D eigenvalue weighted by Gasteiger charge is 1.99. The number of nitrogens with zero attached hydrogens (tertiary/aromatic N) is 1. The second kappa shape index (κ2) is 4.07. The molecule has 0 spiro atoms. The summed E-state index contributed by atoms with van der Waals surface area (Å²) >= 11 is 0. The second-order valence-corrected chi connectivity index (χ2v) is 2.39. The average Bonchev–Trinajstić information content (AvgIpc) is 2.15. The number of nitriles is 1. The topological polar surface area (TPSA) is 61.1 Å². The van der Waals surface area contributed by atoms with Crippen molar-refractivity contribution in [2.24, 2.45) is 0 Å². The molecule has 0 aliphatic rings. The zero-order valence-corrected chi connectivity index (χ0v) is 6.77. The molecule has 1 rings (SSSR count). The minimum atomic E-state index is -0.948. The Balaban J connectivity index is 2.89. The maximum atomic E-state index is 10.5. The fourth-order valence-corrected chi connectivity index (χ4v) is 0.870. The highest BCUT2D eigenvalue weighted by molar-refractivity contribution is 5.87. The number of carboxylic acid groups (broad SMARTS) is 1. The summed E-state index contributed by atoms with van der Waals surface area (Å²) in [5.74, 6) is -0.948. The van der Waals surface area contributed by atoms with Gasteiger partial charge in [-0.1, -0.05) is 12.1 Å². The summed E-state index contributed by atoms with van der Waals surface area (Å²) in [5, 5.41) is 16.8. The first-order valence-corrected chi connectivity index (χ1v) is 3.63. The van der Waals surface area contributed by atoms with E-state index in [4.69, 9.17) is 10.4 Å². The lowest BCUT2D eigenvalue weighted by atomic mass is 10.1. The van der Waals surface area contributed by atoms with Crippen LogP contribution in [0.25, 0.3) is 6.08 Å². The van der Waals surface area contributed by atoms with Gasteiger partial charge in [0.1, 0.15) is 0 Å². The monoisotopic (exact) mass is 173 g/mol. The first-order valence-electron chi connectivity index (χ1n) is 3.63. The predicted octanol–water partition coefficient (Wildman–Crippen LogP) is 1.92. The van der Waals surface area contributed by atoms with Crippen LogP contribution < -0.4 is 0 Å². The van der Waals surface area contributed by atoms with Gasteiger partial charge in [0.2, 0.25) is 0 Å². The molecule has 0 atom stereocenters. The van der Waals surface area contributed by atoms with Crippen molar-refractivity contribution in [2.75, 3.05) is 0 Å². The van der Waals surface area contributed by atoms with Gasteiger partial charge in [-0.05, 0) is 23.8 Å². The van der Waals surface area contributed by atoms with Crippen LogP contribution in [0.5, 0.6) is 0 Å². The number of rotatable bonds is 2. The Hall–Kier alpha value is -2.08. The van der Waals surface area contributed by atoms with E-state index in [1.54, 1.807) is 18.2 Å². The maximum Gasteiger partial charge on any atom is 0.335 e. The number of carbonyl (C=O) groups is 1. The highest BCUT2D eigenvalue weighted by Crippen LogP contribution is 2.05. The van der Waals surface area contributed by atoms with Crippen molar-refractivity contribution in [3.8, 4) is 6.07 Å². The lowest BCUT2D eigenvalue weighted by Crippen LogP contribution is -1.94. The van der Waals surface area contributed by atoms with E-state index in [0.29, 0.717) is 0 Å². The first kappa shape index (κ1) is 9.01. The molecule has 1 aromatic rings. The summed E-state index contributed by atoms with van der Waals surface area (Å²) in [4.78, 5) is 10.5. The molecule has 0 fully saturated rings. The zero-order chi connectivity index (χ0) is 9.68. The normalized spacial score (nSPS) is 9.77. The lowest BCUT2D eigenvalue weighted by molar-refractivity contribution is 0.0697. The van der Waals surface area contributed by atoms with Gasteiger partial charge in [0.15, 0.2) is 0 Å². The quantitative estimate of drug-likeness (QED) is 0.695. The van der Waals surface area contributed by atoms with Crippen molar-refractivity contribution in [3.63, 3.8) is 0 Å². The van der Waals surface area contributed by atoms with Gasteiger partial charge in [-0.3, -0.25) is 0 Å². The second-order valence-electron chi connectivity index (χ2n) is 2.39. The van der Waals surface area contributed by atoms with Crippen molar-refractivity contribution < 1.29 is 9.90 Å². The maximum absolute atomic E-state index is 10.5. The molecule has 64 valence electrons. The molecule has 1 N–H and O–H groups in total. The number of carboxylic acids is 1. The summed E-state index contributed by atoms with van der Waals surface area (Å²) in [6.07, 6.45) is 2.96. The third kappa shape index (κ3) is 2.46. The van der Waals surface area contributed by atoms with E-state index in [9.17, 15) is 4.79 Å². The van der Waals surface area contributed by atoms with Crippen molar-refractivity contribution >= 4 is 12.0 Å². The van der Waals surface area contributed by atoms with E-state index < -0.39 is 5.97 Å². The highest BCUT2D eigenvalue weighted by atomic mass is 16.4. The van der Waals surface area contributed by atoms with Gasteiger partial charge in [-0.2, -0.15) is 5.26 Å². The van der Waals surface area contributed by atoms with E-state index in [0.717, 1.165) is 5.56 Å². The molecule has 13 heavy (non-hydrogen) atoms. The largest absolute Gasteiger partial charge is 0.478 e. The Labute approximate surface area is 75.5 Å². The SMILES string of the molecule is N#C/C=C/c1ccc(C(=O)O)cc1. The van der Waals surface area contributed by atoms with E-state index in [-0.39, 0.29) is 5.56 Å². The van der Waals surface area contributed by atoms with Crippen LogP contribution in [-0.4, -0.2) is 11.1 Å². The first-order chi connectivity index (χ1) is 6.24. The summed E-state index contributed by atoms with van der Waals surface area (Å²) < 4.78 is 0. The van der Waals surface area contributed by atoms with Crippen LogP contribution in [0.15, 0.2) is 30.3 Å². The van der Waals surface area contributed by atoms with Gasteiger partial charge < -0.3 is 5.11 Å². The zero-order valence-electron chi connectivity index (χ0n) is 6.77. The molecular weight excluding hydrogens is 166 g/mol. The van der Waals surface area contributed by atoms with Gasteiger partial charge in [-0.15, -0.1) is 0 Å². The number of benzene rings is 1.